The van der Waals surface area contributed by atoms with E-state index < -0.39 is 21.7 Å². The summed E-state index contributed by atoms with van der Waals surface area (Å²) in [7, 11) is -2.27. The fraction of sp³-hybridized carbons (Fsp3) is 0.364. The quantitative estimate of drug-likeness (QED) is 0.586. The molecule has 0 N–H and O–H groups in total. The van der Waals surface area contributed by atoms with Gasteiger partial charge in [0.1, 0.15) is 0 Å². The number of amides is 1. The van der Waals surface area contributed by atoms with E-state index in [1.165, 1.54) is 12.0 Å². The second-order valence-corrected chi connectivity index (χ2v) is 9.18. The summed E-state index contributed by atoms with van der Waals surface area (Å²) in [5.74, 6) is -1.53. The van der Waals surface area contributed by atoms with E-state index in [1.807, 2.05) is 37.3 Å². The third kappa shape index (κ3) is 6.71. The Hall–Kier alpha value is -2.67. The number of hydrogen-bond donors (Lipinski definition) is 0. The van der Waals surface area contributed by atoms with E-state index in [2.05, 4.69) is 0 Å². The van der Waals surface area contributed by atoms with Crippen LogP contribution in [0.1, 0.15) is 24.5 Å². The van der Waals surface area contributed by atoms with Crippen molar-refractivity contribution in [2.75, 3.05) is 19.4 Å². The highest BCUT2D eigenvalue weighted by Gasteiger charge is 2.24. The molecule has 0 spiro atoms. The number of methoxy groups -OCH3 is 1. The molecule has 0 bridgehead atoms. The van der Waals surface area contributed by atoms with Crippen molar-refractivity contribution in [1.82, 2.24) is 4.90 Å². The van der Waals surface area contributed by atoms with E-state index in [0.717, 1.165) is 11.1 Å². The highest BCUT2D eigenvalue weighted by Crippen LogP contribution is 2.15. The molecule has 1 unspecified atom stereocenters. The minimum atomic E-state index is -3.57. The van der Waals surface area contributed by atoms with E-state index in [9.17, 15) is 18.0 Å². The van der Waals surface area contributed by atoms with E-state index in [0.29, 0.717) is 6.54 Å². The Bertz CT molecular complexity index is 923. The molecule has 1 amide bonds. The molecule has 2 aromatic carbocycles. The zero-order valence-corrected chi connectivity index (χ0v) is 17.8. The number of aryl methyl sites for hydroxylation is 1. The Morgan fingerprint density at radius 2 is 1.66 bits per heavy atom. The minimum absolute atomic E-state index is 0.156. The first-order valence-electron chi connectivity index (χ1n) is 9.42. The molecule has 0 aliphatic carbocycles. The van der Waals surface area contributed by atoms with Gasteiger partial charge in [-0.1, -0.05) is 55.0 Å². The van der Waals surface area contributed by atoms with Gasteiger partial charge >= 0.3 is 5.97 Å². The fourth-order valence-electron chi connectivity index (χ4n) is 2.91. The summed E-state index contributed by atoms with van der Waals surface area (Å²) in [6, 6.07) is 15.9. The van der Waals surface area contributed by atoms with Crippen molar-refractivity contribution >= 4 is 21.7 Å². The van der Waals surface area contributed by atoms with E-state index >= 15 is 0 Å². The monoisotopic (exact) mass is 417 g/mol. The number of nitrogens with zero attached hydrogens (tertiary/aromatic N) is 1. The summed E-state index contributed by atoms with van der Waals surface area (Å²) in [4.78, 5) is 26.3. The van der Waals surface area contributed by atoms with Gasteiger partial charge in [0.2, 0.25) is 5.91 Å². The molecular weight excluding hydrogens is 390 g/mol. The van der Waals surface area contributed by atoms with Crippen LogP contribution in [-0.4, -0.2) is 44.6 Å². The topological polar surface area (TPSA) is 80.8 Å². The van der Waals surface area contributed by atoms with Crippen LogP contribution in [0, 0.1) is 12.8 Å². The van der Waals surface area contributed by atoms with Crippen molar-refractivity contribution < 1.29 is 22.7 Å². The Morgan fingerprint density at radius 1 is 1.03 bits per heavy atom. The average molecular weight is 418 g/mol. The van der Waals surface area contributed by atoms with Crippen molar-refractivity contribution in [3.05, 3.63) is 65.7 Å². The summed E-state index contributed by atoms with van der Waals surface area (Å²) in [5.41, 5.74) is 1.87. The van der Waals surface area contributed by atoms with Crippen molar-refractivity contribution in [2.24, 2.45) is 5.92 Å². The van der Waals surface area contributed by atoms with E-state index in [1.54, 1.807) is 31.2 Å². The Morgan fingerprint density at radius 3 is 2.24 bits per heavy atom. The fourth-order valence-corrected chi connectivity index (χ4v) is 4.14. The molecule has 2 aromatic rings. The summed E-state index contributed by atoms with van der Waals surface area (Å²) in [6.07, 6.45) is -0.156. The Kier molecular flexibility index (Phi) is 7.96. The van der Waals surface area contributed by atoms with Crippen LogP contribution < -0.4 is 0 Å². The first-order valence-corrected chi connectivity index (χ1v) is 11.1. The van der Waals surface area contributed by atoms with Crippen LogP contribution in [0.5, 0.6) is 0 Å². The maximum atomic E-state index is 12.8. The van der Waals surface area contributed by atoms with Crippen LogP contribution in [0.3, 0.4) is 0 Å². The maximum Gasteiger partial charge on any atom is 0.310 e. The average Bonchev–Trinajstić information content (AvgIpc) is 2.72. The number of carbonyl (C=O) groups excluding carboxylic acids is 2. The Balaban J connectivity index is 2.11. The predicted molar refractivity (Wildman–Crippen MR) is 111 cm³/mol. The molecule has 0 saturated heterocycles. The van der Waals surface area contributed by atoms with Crippen LogP contribution in [0.25, 0.3) is 0 Å². The zero-order valence-electron chi connectivity index (χ0n) is 17.0. The highest BCUT2D eigenvalue weighted by molar-refractivity contribution is 7.91. The standard InChI is InChI=1S/C22H27NO5S/c1-17-9-11-20(12-10-17)29(26,27)14-13-21(24)23(15-18(2)22(25)28-3)16-19-7-5-4-6-8-19/h4-12,18H,13-16H2,1-3H3. The third-order valence-corrected chi connectivity index (χ3v) is 6.36. The smallest absolute Gasteiger partial charge is 0.310 e. The lowest BCUT2D eigenvalue weighted by Crippen LogP contribution is -2.37. The molecule has 0 saturated carbocycles. The van der Waals surface area contributed by atoms with Gasteiger partial charge in [-0.15, -0.1) is 0 Å². The number of hydrogen-bond acceptors (Lipinski definition) is 5. The molecule has 1 atom stereocenters. The van der Waals surface area contributed by atoms with E-state index in [4.69, 9.17) is 4.74 Å². The molecule has 0 radical (unpaired) electrons. The number of sulfone groups is 1. The molecule has 0 fully saturated rings. The lowest BCUT2D eigenvalue weighted by atomic mass is 10.1. The van der Waals surface area contributed by atoms with Crippen molar-refractivity contribution in [2.45, 2.75) is 31.7 Å². The molecule has 2 rings (SSSR count). The first kappa shape index (κ1) is 22.6. The molecule has 7 heteroatoms. The normalized spacial score (nSPS) is 12.2. The molecule has 0 aliphatic heterocycles. The van der Waals surface area contributed by atoms with Gasteiger partial charge in [-0.2, -0.15) is 0 Å². The predicted octanol–water partition coefficient (Wildman–Crippen LogP) is 3.00. The summed E-state index contributed by atoms with van der Waals surface area (Å²) < 4.78 is 29.9. The number of ether oxygens (including phenoxy) is 1. The molecule has 29 heavy (non-hydrogen) atoms. The molecule has 0 heterocycles. The van der Waals surface area contributed by atoms with Crippen LogP contribution >= 0.6 is 0 Å². The second kappa shape index (κ2) is 10.2. The van der Waals surface area contributed by atoms with Crippen LogP contribution in [0.2, 0.25) is 0 Å². The SMILES string of the molecule is COC(=O)C(C)CN(Cc1ccccc1)C(=O)CCS(=O)(=O)c1ccc(C)cc1. The summed E-state index contributed by atoms with van der Waals surface area (Å²) in [6.45, 7) is 4.01. The third-order valence-electron chi connectivity index (χ3n) is 4.63. The lowest BCUT2D eigenvalue weighted by molar-refractivity contribution is -0.146. The van der Waals surface area contributed by atoms with Gasteiger partial charge in [0.05, 0.1) is 23.7 Å². The molecule has 0 aliphatic rings. The lowest BCUT2D eigenvalue weighted by Gasteiger charge is -2.25. The molecule has 156 valence electrons. The molecule has 0 aromatic heterocycles. The van der Waals surface area contributed by atoms with E-state index in [-0.39, 0.29) is 29.5 Å². The summed E-state index contributed by atoms with van der Waals surface area (Å²) in [5, 5.41) is 0. The summed E-state index contributed by atoms with van der Waals surface area (Å²) >= 11 is 0. The van der Waals surface area contributed by atoms with Crippen molar-refractivity contribution in [3.63, 3.8) is 0 Å². The molecular formula is C22H27NO5S. The largest absolute Gasteiger partial charge is 0.469 e. The maximum absolute atomic E-state index is 12.8. The van der Waals surface area contributed by atoms with Gasteiger partial charge in [-0.05, 0) is 24.6 Å². The number of rotatable bonds is 9. The van der Waals surface area contributed by atoms with Crippen LogP contribution in [-0.2, 0) is 30.7 Å². The van der Waals surface area contributed by atoms with Crippen molar-refractivity contribution in [1.29, 1.82) is 0 Å². The first-order chi connectivity index (χ1) is 13.7. The Labute approximate surface area is 172 Å². The van der Waals surface area contributed by atoms with Gasteiger partial charge in [0, 0.05) is 19.5 Å². The molecule has 6 nitrogen and oxygen atoms in total. The number of benzene rings is 2. The van der Waals surface area contributed by atoms with Gasteiger partial charge in [0.25, 0.3) is 0 Å². The number of esters is 1. The van der Waals surface area contributed by atoms with Crippen LogP contribution in [0.4, 0.5) is 0 Å². The van der Waals surface area contributed by atoms with Gasteiger partial charge in [0.15, 0.2) is 9.84 Å². The van der Waals surface area contributed by atoms with Crippen LogP contribution in [0.15, 0.2) is 59.5 Å². The zero-order chi connectivity index (χ0) is 21.4. The van der Waals surface area contributed by atoms with Gasteiger partial charge in [-0.25, -0.2) is 8.42 Å². The van der Waals surface area contributed by atoms with Gasteiger partial charge < -0.3 is 9.64 Å². The highest BCUT2D eigenvalue weighted by atomic mass is 32.2. The minimum Gasteiger partial charge on any atom is -0.469 e. The number of carbonyl (C=O) groups is 2. The second-order valence-electron chi connectivity index (χ2n) is 7.07. The van der Waals surface area contributed by atoms with Gasteiger partial charge in [-0.3, -0.25) is 9.59 Å². The van der Waals surface area contributed by atoms with Crippen molar-refractivity contribution in [3.8, 4) is 0 Å².